The van der Waals surface area contributed by atoms with Gasteiger partial charge in [-0.15, -0.1) is 0 Å². The number of likely N-dealkylation sites (tertiary alicyclic amines) is 1. The highest BCUT2D eigenvalue weighted by molar-refractivity contribution is 6.06. The van der Waals surface area contributed by atoms with Gasteiger partial charge in [0.25, 0.3) is 5.91 Å². The summed E-state index contributed by atoms with van der Waals surface area (Å²) >= 11 is 0. The number of aryl methyl sites for hydroxylation is 1. The molecule has 2 aliphatic rings. The highest BCUT2D eigenvalue weighted by Gasteiger charge is 2.43. The van der Waals surface area contributed by atoms with Crippen LogP contribution in [-0.4, -0.2) is 37.0 Å². The molecule has 0 aromatic heterocycles. The maximum Gasteiger partial charge on any atom is 0.251 e. The zero-order valence-electron chi connectivity index (χ0n) is 14.9. The number of fused-ring (bicyclic) bond motifs is 3. The molecule has 2 aliphatic heterocycles. The smallest absolute Gasteiger partial charge is 0.251 e. The topological polar surface area (TPSA) is 23.6 Å². The second-order valence-corrected chi connectivity index (χ2v) is 7.24. The maximum atomic E-state index is 13.0. The van der Waals surface area contributed by atoms with E-state index < -0.39 is 0 Å². The molecule has 4 rings (SSSR count). The van der Waals surface area contributed by atoms with E-state index in [-0.39, 0.29) is 11.9 Å². The first-order valence-electron chi connectivity index (χ1n) is 8.99. The summed E-state index contributed by atoms with van der Waals surface area (Å²) in [6.07, 6.45) is 4.66. The van der Waals surface area contributed by atoms with Crippen LogP contribution in [0.1, 0.15) is 29.0 Å². The molecular weight excluding hydrogens is 308 g/mol. The van der Waals surface area contributed by atoms with Gasteiger partial charge in [-0.05, 0) is 50.2 Å². The summed E-state index contributed by atoms with van der Waals surface area (Å²) < 4.78 is 0. The number of piperidine rings is 1. The van der Waals surface area contributed by atoms with Crippen molar-refractivity contribution in [3.8, 4) is 0 Å². The van der Waals surface area contributed by atoms with E-state index in [0.717, 1.165) is 30.8 Å². The van der Waals surface area contributed by atoms with E-state index in [1.165, 1.54) is 11.1 Å². The molecule has 1 saturated heterocycles. The molecule has 0 radical (unpaired) electrons. The van der Waals surface area contributed by atoms with Gasteiger partial charge in [-0.25, -0.2) is 0 Å². The fraction of sp³-hybridized carbons (Fsp3) is 0.318. The van der Waals surface area contributed by atoms with Gasteiger partial charge in [0.05, 0.1) is 0 Å². The van der Waals surface area contributed by atoms with Gasteiger partial charge in [-0.1, -0.05) is 48.0 Å². The number of carbonyl (C=O) groups is 1. The number of likely N-dealkylation sites (N-methyl/N-ethyl adjacent to an activating group) is 1. The Hall–Kier alpha value is -2.39. The summed E-state index contributed by atoms with van der Waals surface area (Å²) in [5.74, 6) is 0.508. The third-order valence-electron chi connectivity index (χ3n) is 5.41. The molecule has 0 N–H and O–H groups in total. The van der Waals surface area contributed by atoms with Crippen molar-refractivity contribution in [3.05, 3.63) is 71.3 Å². The average molecular weight is 332 g/mol. The molecule has 3 heteroatoms. The van der Waals surface area contributed by atoms with Crippen molar-refractivity contribution in [2.24, 2.45) is 0 Å². The molecular formula is C22H24N2O. The molecule has 1 amide bonds. The first kappa shape index (κ1) is 16.1. The quantitative estimate of drug-likeness (QED) is 0.780. The van der Waals surface area contributed by atoms with Crippen LogP contribution in [0.3, 0.4) is 0 Å². The standard InChI is InChI=1S/C22H24N2O/c1-16-8-10-20-18(14-16)19-15-23(2)13-12-21(19)24(20)22(25)11-9-17-6-4-3-5-7-17/h3-11,14,19,21H,12-13,15H2,1-2H3/b11-9+/t19-,21-/m0/s1. The second kappa shape index (κ2) is 6.49. The van der Waals surface area contributed by atoms with Crippen molar-refractivity contribution in [3.63, 3.8) is 0 Å². The van der Waals surface area contributed by atoms with Gasteiger partial charge in [0, 0.05) is 30.3 Å². The molecule has 2 aromatic rings. The van der Waals surface area contributed by atoms with E-state index >= 15 is 0 Å². The lowest BCUT2D eigenvalue weighted by molar-refractivity contribution is -0.114. The van der Waals surface area contributed by atoms with Gasteiger partial charge in [0.1, 0.15) is 0 Å². The predicted molar refractivity (Wildman–Crippen MR) is 103 cm³/mol. The Morgan fingerprint density at radius 2 is 1.96 bits per heavy atom. The third kappa shape index (κ3) is 3.00. The van der Waals surface area contributed by atoms with E-state index in [9.17, 15) is 4.79 Å². The summed E-state index contributed by atoms with van der Waals surface area (Å²) in [4.78, 5) is 17.4. The maximum absolute atomic E-state index is 13.0. The SMILES string of the molecule is Cc1ccc2c(c1)[C@@H]1CN(C)CC[C@@H]1N2C(=O)/C=C/c1ccccc1. The Morgan fingerprint density at radius 3 is 2.76 bits per heavy atom. The molecule has 0 saturated carbocycles. The van der Waals surface area contributed by atoms with Gasteiger partial charge in [-0.2, -0.15) is 0 Å². The van der Waals surface area contributed by atoms with Gasteiger partial charge in [0.15, 0.2) is 0 Å². The van der Waals surface area contributed by atoms with Crippen LogP contribution in [0.25, 0.3) is 6.08 Å². The van der Waals surface area contributed by atoms with Crippen LogP contribution in [0.5, 0.6) is 0 Å². The van der Waals surface area contributed by atoms with E-state index in [1.807, 2.05) is 41.3 Å². The van der Waals surface area contributed by atoms with Crippen LogP contribution in [0.15, 0.2) is 54.6 Å². The summed E-state index contributed by atoms with van der Waals surface area (Å²) in [6, 6.07) is 16.8. The molecule has 3 nitrogen and oxygen atoms in total. The van der Waals surface area contributed by atoms with Gasteiger partial charge in [-0.3, -0.25) is 4.79 Å². The van der Waals surface area contributed by atoms with E-state index in [4.69, 9.17) is 0 Å². The number of carbonyl (C=O) groups excluding carboxylic acids is 1. The number of nitrogens with zero attached hydrogens (tertiary/aromatic N) is 2. The van der Waals surface area contributed by atoms with Gasteiger partial charge in [0.2, 0.25) is 0 Å². The minimum atomic E-state index is 0.0889. The molecule has 1 fully saturated rings. The van der Waals surface area contributed by atoms with E-state index in [0.29, 0.717) is 5.92 Å². The molecule has 0 unspecified atom stereocenters. The number of amides is 1. The first-order chi connectivity index (χ1) is 12.1. The number of rotatable bonds is 2. The van der Waals surface area contributed by atoms with Crippen LogP contribution in [0, 0.1) is 6.92 Å². The Balaban J connectivity index is 1.66. The normalized spacial score (nSPS) is 22.9. The molecule has 2 aromatic carbocycles. The lowest BCUT2D eigenvalue weighted by Gasteiger charge is -2.36. The highest BCUT2D eigenvalue weighted by Crippen LogP contribution is 2.45. The van der Waals surface area contributed by atoms with Crippen molar-refractivity contribution in [2.45, 2.75) is 25.3 Å². The molecule has 0 spiro atoms. The van der Waals surface area contributed by atoms with Crippen molar-refractivity contribution in [2.75, 3.05) is 25.0 Å². The molecule has 2 atom stereocenters. The highest BCUT2D eigenvalue weighted by atomic mass is 16.2. The molecule has 2 heterocycles. The fourth-order valence-electron chi connectivity index (χ4n) is 4.18. The van der Waals surface area contributed by atoms with Crippen LogP contribution in [-0.2, 0) is 4.79 Å². The Morgan fingerprint density at radius 1 is 1.16 bits per heavy atom. The summed E-state index contributed by atoms with van der Waals surface area (Å²) in [7, 11) is 2.17. The molecule has 0 bridgehead atoms. The summed E-state index contributed by atoms with van der Waals surface area (Å²) in [6.45, 7) is 4.19. The van der Waals surface area contributed by atoms with Crippen LogP contribution >= 0.6 is 0 Å². The number of benzene rings is 2. The first-order valence-corrected chi connectivity index (χ1v) is 8.99. The molecule has 25 heavy (non-hydrogen) atoms. The van der Waals surface area contributed by atoms with E-state index in [2.05, 4.69) is 37.1 Å². The minimum absolute atomic E-state index is 0.0889. The lowest BCUT2D eigenvalue weighted by atomic mass is 9.89. The number of hydrogen-bond donors (Lipinski definition) is 0. The summed E-state index contributed by atoms with van der Waals surface area (Å²) in [5.41, 5.74) is 4.75. The Kier molecular flexibility index (Phi) is 4.18. The Labute approximate surface area is 149 Å². The molecule has 0 aliphatic carbocycles. The van der Waals surface area contributed by atoms with Crippen molar-refractivity contribution in [1.82, 2.24) is 4.90 Å². The van der Waals surface area contributed by atoms with Crippen LogP contribution in [0.2, 0.25) is 0 Å². The summed E-state index contributed by atoms with van der Waals surface area (Å²) in [5, 5.41) is 0. The van der Waals surface area contributed by atoms with Crippen molar-refractivity contribution >= 4 is 17.7 Å². The van der Waals surface area contributed by atoms with Crippen molar-refractivity contribution < 1.29 is 4.79 Å². The fourth-order valence-corrected chi connectivity index (χ4v) is 4.18. The van der Waals surface area contributed by atoms with Gasteiger partial charge < -0.3 is 9.80 Å². The van der Waals surface area contributed by atoms with Crippen molar-refractivity contribution in [1.29, 1.82) is 0 Å². The zero-order valence-corrected chi connectivity index (χ0v) is 14.9. The number of anilines is 1. The Bertz CT molecular complexity index is 812. The zero-order chi connectivity index (χ0) is 17.4. The lowest BCUT2D eigenvalue weighted by Crippen LogP contribution is -2.46. The monoisotopic (exact) mass is 332 g/mol. The molecule has 128 valence electrons. The second-order valence-electron chi connectivity index (χ2n) is 7.24. The number of hydrogen-bond acceptors (Lipinski definition) is 2. The van der Waals surface area contributed by atoms with Crippen LogP contribution < -0.4 is 4.90 Å². The third-order valence-corrected chi connectivity index (χ3v) is 5.41. The average Bonchev–Trinajstić information content (AvgIpc) is 2.93. The van der Waals surface area contributed by atoms with Crippen LogP contribution in [0.4, 0.5) is 5.69 Å². The largest absolute Gasteiger partial charge is 0.306 e. The minimum Gasteiger partial charge on any atom is -0.306 e. The van der Waals surface area contributed by atoms with E-state index in [1.54, 1.807) is 6.08 Å². The predicted octanol–water partition coefficient (Wildman–Crippen LogP) is 3.84. The van der Waals surface area contributed by atoms with Gasteiger partial charge >= 0.3 is 0 Å².